The van der Waals surface area contributed by atoms with Gasteiger partial charge in [-0.2, -0.15) is 0 Å². The number of hydrogen-bond donors (Lipinski definition) is 0. The van der Waals surface area contributed by atoms with Crippen LogP contribution in [0.15, 0.2) is 28.7 Å². The molecule has 0 saturated carbocycles. The number of nitro benzene ring substituents is 1. The summed E-state index contributed by atoms with van der Waals surface area (Å²) in [6.45, 7) is 5.72. The van der Waals surface area contributed by atoms with Crippen LogP contribution in [0.25, 0.3) is 11.5 Å². The number of nitro groups is 1. The van der Waals surface area contributed by atoms with Crippen LogP contribution in [0.2, 0.25) is 0 Å². The molecule has 2 unspecified atom stereocenters. The summed E-state index contributed by atoms with van der Waals surface area (Å²) in [6, 6.07) is 5.69. The third kappa shape index (κ3) is 4.00. The number of carbonyl (C=O) groups excluding carboxylic acids is 2. The molecule has 0 bridgehead atoms. The van der Waals surface area contributed by atoms with Crippen molar-refractivity contribution in [3.63, 3.8) is 0 Å². The average molecular weight is 388 g/mol. The Bertz CT molecular complexity index is 892. The van der Waals surface area contributed by atoms with Crippen LogP contribution >= 0.6 is 0 Å². The first-order chi connectivity index (χ1) is 13.3. The van der Waals surface area contributed by atoms with Crippen molar-refractivity contribution >= 4 is 17.6 Å². The fraction of sp³-hybridized carbons (Fsp3) is 0.444. The van der Waals surface area contributed by atoms with Crippen LogP contribution in [0.4, 0.5) is 5.69 Å². The summed E-state index contributed by atoms with van der Waals surface area (Å²) in [7, 11) is 0. The Labute approximate surface area is 160 Å². The molecule has 1 aromatic carbocycles. The van der Waals surface area contributed by atoms with Crippen LogP contribution in [-0.2, 0) is 14.3 Å². The van der Waals surface area contributed by atoms with E-state index in [1.54, 1.807) is 11.8 Å². The van der Waals surface area contributed by atoms with E-state index in [2.05, 4.69) is 10.2 Å². The molecule has 1 saturated heterocycles. The number of rotatable bonds is 6. The molecule has 1 fully saturated rings. The Morgan fingerprint density at radius 1 is 1.29 bits per heavy atom. The maximum absolute atomic E-state index is 12.4. The van der Waals surface area contributed by atoms with E-state index in [0.29, 0.717) is 12.1 Å². The van der Waals surface area contributed by atoms with Gasteiger partial charge < -0.3 is 14.1 Å². The highest BCUT2D eigenvalue weighted by Gasteiger charge is 2.37. The molecule has 28 heavy (non-hydrogen) atoms. The van der Waals surface area contributed by atoms with Gasteiger partial charge in [-0.15, -0.1) is 10.2 Å². The minimum absolute atomic E-state index is 0.0305. The van der Waals surface area contributed by atoms with E-state index in [9.17, 15) is 19.7 Å². The van der Waals surface area contributed by atoms with Crippen LogP contribution in [0.1, 0.15) is 39.2 Å². The number of nitrogens with zero attached hydrogens (tertiary/aromatic N) is 4. The standard InChI is InChI=1S/C18H20N4O6/c1-10(2)21-9-13(8-15(21)23)18(24)27-11(3)16-19-20-17(28-16)12-4-6-14(7-5-12)22(25)26/h4-7,10-11,13H,8-9H2,1-3H3. The van der Waals surface area contributed by atoms with Crippen molar-refractivity contribution in [2.45, 2.75) is 39.3 Å². The van der Waals surface area contributed by atoms with E-state index in [-0.39, 0.29) is 35.8 Å². The highest BCUT2D eigenvalue weighted by Crippen LogP contribution is 2.27. The molecule has 0 N–H and O–H groups in total. The Hall–Kier alpha value is -3.30. The molecule has 0 radical (unpaired) electrons. The van der Waals surface area contributed by atoms with Crippen molar-refractivity contribution in [2.75, 3.05) is 6.54 Å². The van der Waals surface area contributed by atoms with E-state index in [0.717, 1.165) is 0 Å². The zero-order chi connectivity index (χ0) is 20.4. The van der Waals surface area contributed by atoms with Crippen molar-refractivity contribution in [3.8, 4) is 11.5 Å². The van der Waals surface area contributed by atoms with E-state index < -0.39 is 22.9 Å². The van der Waals surface area contributed by atoms with Gasteiger partial charge in [-0.05, 0) is 32.9 Å². The van der Waals surface area contributed by atoms with Crippen LogP contribution in [-0.4, -0.2) is 44.5 Å². The minimum atomic E-state index is -0.782. The Kier molecular flexibility index (Phi) is 5.39. The molecule has 2 atom stereocenters. The lowest BCUT2D eigenvalue weighted by Crippen LogP contribution is -2.33. The average Bonchev–Trinajstić information content (AvgIpc) is 3.29. The molecule has 1 aliphatic rings. The molecule has 10 nitrogen and oxygen atoms in total. The number of non-ortho nitro benzene ring substituents is 1. The second kappa shape index (κ2) is 7.75. The van der Waals surface area contributed by atoms with Crippen LogP contribution in [0, 0.1) is 16.0 Å². The summed E-state index contributed by atoms with van der Waals surface area (Å²) in [4.78, 5) is 36.2. The van der Waals surface area contributed by atoms with E-state index >= 15 is 0 Å². The molecule has 1 aliphatic heterocycles. The highest BCUT2D eigenvalue weighted by molar-refractivity contribution is 5.87. The maximum atomic E-state index is 12.4. The molecule has 148 valence electrons. The van der Waals surface area contributed by atoms with Crippen molar-refractivity contribution in [1.29, 1.82) is 0 Å². The zero-order valence-corrected chi connectivity index (χ0v) is 15.7. The molecule has 2 heterocycles. The third-order valence-electron chi connectivity index (χ3n) is 4.52. The van der Waals surface area contributed by atoms with Gasteiger partial charge in [0.15, 0.2) is 6.10 Å². The van der Waals surface area contributed by atoms with Gasteiger partial charge in [-0.1, -0.05) is 0 Å². The lowest BCUT2D eigenvalue weighted by molar-refractivity contribution is -0.384. The Balaban J connectivity index is 1.64. The fourth-order valence-electron chi connectivity index (χ4n) is 2.95. The molecule has 0 aliphatic carbocycles. The molecular formula is C18H20N4O6. The molecular weight excluding hydrogens is 368 g/mol. The summed E-state index contributed by atoms with van der Waals surface area (Å²) in [6.07, 6.45) is -0.656. The smallest absolute Gasteiger partial charge is 0.312 e. The summed E-state index contributed by atoms with van der Waals surface area (Å²) in [5.74, 6) is -0.807. The lowest BCUT2D eigenvalue weighted by atomic mass is 10.1. The Morgan fingerprint density at radius 2 is 1.96 bits per heavy atom. The van der Waals surface area contributed by atoms with Crippen molar-refractivity contribution in [1.82, 2.24) is 15.1 Å². The SMILES string of the molecule is CC(OC(=O)C1CC(=O)N(C(C)C)C1)c1nnc(-c2ccc([N+](=O)[O-])cc2)o1. The van der Waals surface area contributed by atoms with E-state index in [1.165, 1.54) is 24.3 Å². The first-order valence-corrected chi connectivity index (χ1v) is 8.84. The first-order valence-electron chi connectivity index (χ1n) is 8.84. The number of likely N-dealkylation sites (tertiary alicyclic amines) is 1. The van der Waals surface area contributed by atoms with Crippen LogP contribution in [0.5, 0.6) is 0 Å². The van der Waals surface area contributed by atoms with Crippen LogP contribution < -0.4 is 0 Å². The zero-order valence-electron chi connectivity index (χ0n) is 15.7. The van der Waals surface area contributed by atoms with Gasteiger partial charge >= 0.3 is 5.97 Å². The summed E-state index contributed by atoms with van der Waals surface area (Å²) < 4.78 is 10.9. The van der Waals surface area contributed by atoms with Gasteiger partial charge in [0.05, 0.1) is 10.8 Å². The normalized spacial score (nSPS) is 17.8. The number of esters is 1. The number of amides is 1. The fourth-order valence-corrected chi connectivity index (χ4v) is 2.95. The van der Waals surface area contributed by atoms with Crippen molar-refractivity contribution in [2.24, 2.45) is 5.92 Å². The molecule has 3 rings (SSSR count). The molecule has 10 heteroatoms. The lowest BCUT2D eigenvalue weighted by Gasteiger charge is -2.20. The topological polar surface area (TPSA) is 129 Å². The second-order valence-electron chi connectivity index (χ2n) is 6.87. The van der Waals surface area contributed by atoms with Gasteiger partial charge in [0.1, 0.15) is 0 Å². The summed E-state index contributed by atoms with van der Waals surface area (Å²) >= 11 is 0. The van der Waals surface area contributed by atoms with Gasteiger partial charge in [0.2, 0.25) is 11.8 Å². The molecule has 0 spiro atoms. The first kappa shape index (κ1) is 19.5. The Morgan fingerprint density at radius 3 is 2.54 bits per heavy atom. The van der Waals surface area contributed by atoms with E-state index in [1.807, 2.05) is 13.8 Å². The molecule has 1 aromatic heterocycles. The quantitative estimate of drug-likeness (QED) is 0.419. The number of carbonyl (C=O) groups is 2. The third-order valence-corrected chi connectivity index (χ3v) is 4.52. The monoisotopic (exact) mass is 388 g/mol. The van der Waals surface area contributed by atoms with Gasteiger partial charge in [0.25, 0.3) is 11.6 Å². The number of hydrogen-bond acceptors (Lipinski definition) is 8. The minimum Gasteiger partial charge on any atom is -0.452 e. The maximum Gasteiger partial charge on any atom is 0.312 e. The predicted molar refractivity (Wildman–Crippen MR) is 95.9 cm³/mol. The summed E-state index contributed by atoms with van der Waals surface area (Å²) in [5, 5.41) is 18.5. The number of aromatic nitrogens is 2. The molecule has 2 aromatic rings. The summed E-state index contributed by atoms with van der Waals surface area (Å²) in [5.41, 5.74) is 0.462. The van der Waals surface area contributed by atoms with Crippen molar-refractivity contribution < 1.29 is 23.7 Å². The number of ether oxygens (including phenoxy) is 1. The largest absolute Gasteiger partial charge is 0.452 e. The second-order valence-corrected chi connectivity index (χ2v) is 6.87. The van der Waals surface area contributed by atoms with E-state index in [4.69, 9.17) is 9.15 Å². The highest BCUT2D eigenvalue weighted by atomic mass is 16.6. The van der Waals surface area contributed by atoms with Crippen LogP contribution in [0.3, 0.4) is 0 Å². The van der Waals surface area contributed by atoms with Gasteiger partial charge in [0, 0.05) is 36.7 Å². The van der Waals surface area contributed by atoms with Gasteiger partial charge in [-0.25, -0.2) is 0 Å². The van der Waals surface area contributed by atoms with Crippen molar-refractivity contribution in [3.05, 3.63) is 40.3 Å². The molecule has 1 amide bonds. The predicted octanol–water partition coefficient (Wildman–Crippen LogP) is 2.51. The number of benzene rings is 1. The van der Waals surface area contributed by atoms with Gasteiger partial charge in [-0.3, -0.25) is 19.7 Å².